The van der Waals surface area contributed by atoms with E-state index in [4.69, 9.17) is 23.2 Å². The summed E-state index contributed by atoms with van der Waals surface area (Å²) in [5, 5.41) is 16.4. The Hall–Kier alpha value is -0.620. The Kier molecular flexibility index (Phi) is 5.43. The molecule has 1 aromatic rings. The molecule has 0 spiro atoms. The number of urea groups is 1. The third-order valence-electron chi connectivity index (χ3n) is 3.18. The van der Waals surface area contributed by atoms with Gasteiger partial charge in [-0.05, 0) is 42.5 Å². The number of amides is 2. The Morgan fingerprint density at radius 3 is 2.65 bits per heavy atom. The molecule has 0 unspecified atom stereocenters. The maximum absolute atomic E-state index is 11.8. The van der Waals surface area contributed by atoms with Crippen molar-refractivity contribution in [2.45, 2.75) is 18.4 Å². The lowest BCUT2D eigenvalue weighted by Gasteiger charge is -2.31. The van der Waals surface area contributed by atoms with E-state index in [9.17, 15) is 9.90 Å². The number of halogens is 2. The van der Waals surface area contributed by atoms with Crippen molar-refractivity contribution in [3.8, 4) is 0 Å². The lowest BCUT2D eigenvalue weighted by molar-refractivity contribution is 0.0351. The van der Waals surface area contributed by atoms with Gasteiger partial charge in [0.1, 0.15) is 0 Å². The summed E-state index contributed by atoms with van der Waals surface area (Å²) in [6.07, 6.45) is 1.40. The minimum atomic E-state index is -0.791. The first-order chi connectivity index (χ1) is 9.48. The number of rotatable bonds is 3. The highest BCUT2D eigenvalue weighted by molar-refractivity contribution is 7.99. The normalized spacial score (nSPS) is 17.6. The van der Waals surface area contributed by atoms with E-state index in [0.29, 0.717) is 28.6 Å². The predicted molar refractivity (Wildman–Crippen MR) is 85.0 cm³/mol. The maximum Gasteiger partial charge on any atom is 0.319 e. The van der Waals surface area contributed by atoms with Crippen molar-refractivity contribution in [1.82, 2.24) is 5.32 Å². The van der Waals surface area contributed by atoms with Crippen LogP contribution in [0.4, 0.5) is 10.5 Å². The van der Waals surface area contributed by atoms with E-state index in [1.165, 1.54) is 0 Å². The molecule has 0 aromatic heterocycles. The highest BCUT2D eigenvalue weighted by Crippen LogP contribution is 2.26. The maximum atomic E-state index is 11.8. The Labute approximate surface area is 132 Å². The molecular weight excluding hydrogens is 319 g/mol. The lowest BCUT2D eigenvalue weighted by atomic mass is 9.97. The summed E-state index contributed by atoms with van der Waals surface area (Å²) >= 11 is 13.5. The molecule has 110 valence electrons. The molecule has 0 saturated carbocycles. The summed E-state index contributed by atoms with van der Waals surface area (Å²) < 4.78 is 0. The molecule has 1 aliphatic heterocycles. The Bertz CT molecular complexity index is 493. The monoisotopic (exact) mass is 334 g/mol. The van der Waals surface area contributed by atoms with Crippen LogP contribution in [0.2, 0.25) is 10.0 Å². The van der Waals surface area contributed by atoms with Crippen LogP contribution in [-0.4, -0.2) is 34.8 Å². The summed E-state index contributed by atoms with van der Waals surface area (Å²) in [4.78, 5) is 11.8. The molecule has 3 N–H and O–H groups in total. The van der Waals surface area contributed by atoms with E-state index in [0.717, 1.165) is 11.5 Å². The number of aliphatic hydroxyl groups is 1. The number of hydrogen-bond donors (Lipinski definition) is 3. The van der Waals surface area contributed by atoms with Crippen LogP contribution in [0, 0.1) is 0 Å². The van der Waals surface area contributed by atoms with Crippen LogP contribution >= 0.6 is 35.0 Å². The topological polar surface area (TPSA) is 61.4 Å². The Morgan fingerprint density at radius 2 is 2.00 bits per heavy atom. The molecular formula is C13H16Cl2N2O2S. The van der Waals surface area contributed by atoms with E-state index in [-0.39, 0.29) is 12.6 Å². The number of thioether (sulfide) groups is 1. The first-order valence-electron chi connectivity index (χ1n) is 6.29. The van der Waals surface area contributed by atoms with Crippen LogP contribution in [0.25, 0.3) is 0 Å². The van der Waals surface area contributed by atoms with Gasteiger partial charge in [0.25, 0.3) is 0 Å². The third kappa shape index (κ3) is 4.45. The molecule has 4 nitrogen and oxygen atoms in total. The van der Waals surface area contributed by atoms with Gasteiger partial charge in [-0.3, -0.25) is 0 Å². The van der Waals surface area contributed by atoms with Crippen molar-refractivity contribution in [2.24, 2.45) is 0 Å². The molecule has 20 heavy (non-hydrogen) atoms. The highest BCUT2D eigenvalue weighted by Gasteiger charge is 2.29. The van der Waals surface area contributed by atoms with Gasteiger partial charge in [-0.25, -0.2) is 4.79 Å². The molecule has 0 bridgehead atoms. The van der Waals surface area contributed by atoms with E-state index >= 15 is 0 Å². The summed E-state index contributed by atoms with van der Waals surface area (Å²) in [7, 11) is 0. The fourth-order valence-corrected chi connectivity index (χ4v) is 3.47. The Balaban J connectivity index is 1.84. The van der Waals surface area contributed by atoms with Crippen LogP contribution in [0.1, 0.15) is 12.8 Å². The number of anilines is 1. The standard InChI is InChI=1S/C13H16Cl2N2O2S/c14-10-2-1-9(7-11(10)15)17-12(18)16-8-13(19)3-5-20-6-4-13/h1-2,7,19H,3-6,8H2,(H2,16,17,18). The van der Waals surface area contributed by atoms with Gasteiger partial charge in [-0.2, -0.15) is 11.8 Å². The van der Waals surface area contributed by atoms with E-state index in [2.05, 4.69) is 10.6 Å². The second-order valence-electron chi connectivity index (χ2n) is 4.77. The van der Waals surface area contributed by atoms with Gasteiger partial charge in [0.15, 0.2) is 0 Å². The number of carbonyl (C=O) groups excluding carboxylic acids is 1. The molecule has 2 amide bonds. The zero-order valence-electron chi connectivity index (χ0n) is 10.8. The van der Waals surface area contributed by atoms with Crippen LogP contribution < -0.4 is 10.6 Å². The SMILES string of the molecule is O=C(NCC1(O)CCSCC1)Nc1ccc(Cl)c(Cl)c1. The summed E-state index contributed by atoms with van der Waals surface area (Å²) in [5.74, 6) is 1.85. The van der Waals surface area contributed by atoms with Crippen LogP contribution in [0.15, 0.2) is 18.2 Å². The molecule has 1 aromatic carbocycles. The molecule has 0 atom stereocenters. The van der Waals surface area contributed by atoms with Crippen LogP contribution in [0.5, 0.6) is 0 Å². The molecule has 1 fully saturated rings. The third-order valence-corrected chi connectivity index (χ3v) is 4.90. The van der Waals surface area contributed by atoms with Gasteiger partial charge in [0, 0.05) is 12.2 Å². The number of hydrogen-bond acceptors (Lipinski definition) is 3. The fourth-order valence-electron chi connectivity index (χ4n) is 1.92. The van der Waals surface area contributed by atoms with Gasteiger partial charge in [0.2, 0.25) is 0 Å². The van der Waals surface area contributed by atoms with Gasteiger partial charge in [-0.15, -0.1) is 0 Å². The molecule has 1 saturated heterocycles. The van der Waals surface area contributed by atoms with Crippen molar-refractivity contribution in [1.29, 1.82) is 0 Å². The average Bonchev–Trinajstić information content (AvgIpc) is 2.42. The molecule has 0 radical (unpaired) electrons. The van der Waals surface area contributed by atoms with Crippen molar-refractivity contribution in [3.63, 3.8) is 0 Å². The molecule has 2 rings (SSSR count). The highest BCUT2D eigenvalue weighted by atomic mass is 35.5. The largest absolute Gasteiger partial charge is 0.388 e. The molecule has 1 heterocycles. The summed E-state index contributed by atoms with van der Waals surface area (Å²) in [5.41, 5.74) is -0.233. The van der Waals surface area contributed by atoms with E-state index in [1.54, 1.807) is 18.2 Å². The van der Waals surface area contributed by atoms with Crippen molar-refractivity contribution < 1.29 is 9.90 Å². The zero-order valence-corrected chi connectivity index (χ0v) is 13.1. The van der Waals surface area contributed by atoms with Crippen molar-refractivity contribution in [2.75, 3.05) is 23.4 Å². The minimum Gasteiger partial charge on any atom is -0.388 e. The first kappa shape index (κ1) is 15.8. The number of carbonyl (C=O) groups is 1. The van der Waals surface area contributed by atoms with Gasteiger partial charge < -0.3 is 15.7 Å². The zero-order chi connectivity index (χ0) is 14.6. The van der Waals surface area contributed by atoms with Crippen LogP contribution in [-0.2, 0) is 0 Å². The minimum absolute atomic E-state index is 0.251. The van der Waals surface area contributed by atoms with Crippen molar-refractivity contribution in [3.05, 3.63) is 28.2 Å². The van der Waals surface area contributed by atoms with Gasteiger partial charge >= 0.3 is 6.03 Å². The first-order valence-corrected chi connectivity index (χ1v) is 8.20. The summed E-state index contributed by atoms with van der Waals surface area (Å²) in [6, 6.07) is 4.50. The second-order valence-corrected chi connectivity index (χ2v) is 6.81. The molecule has 7 heteroatoms. The quantitative estimate of drug-likeness (QED) is 0.794. The summed E-state index contributed by atoms with van der Waals surface area (Å²) in [6.45, 7) is 0.251. The number of benzene rings is 1. The molecule has 1 aliphatic rings. The van der Waals surface area contributed by atoms with Crippen LogP contribution in [0.3, 0.4) is 0 Å². The van der Waals surface area contributed by atoms with Gasteiger partial charge in [0.05, 0.1) is 15.6 Å². The van der Waals surface area contributed by atoms with Crippen molar-refractivity contribution >= 4 is 46.7 Å². The predicted octanol–water partition coefficient (Wildman–Crippen LogP) is 3.37. The lowest BCUT2D eigenvalue weighted by Crippen LogP contribution is -2.46. The smallest absolute Gasteiger partial charge is 0.319 e. The van der Waals surface area contributed by atoms with E-state index in [1.807, 2.05) is 11.8 Å². The fraction of sp³-hybridized carbons (Fsp3) is 0.462. The second kappa shape index (κ2) is 6.89. The molecule has 0 aliphatic carbocycles. The number of nitrogens with one attached hydrogen (secondary N) is 2. The average molecular weight is 335 g/mol. The van der Waals surface area contributed by atoms with Gasteiger partial charge in [-0.1, -0.05) is 23.2 Å². The Morgan fingerprint density at radius 1 is 1.30 bits per heavy atom. The van der Waals surface area contributed by atoms with E-state index < -0.39 is 5.60 Å².